The zero-order valence-corrected chi connectivity index (χ0v) is 20.6. The van der Waals surface area contributed by atoms with Gasteiger partial charge in [0.25, 0.3) is 5.91 Å². The molecule has 5 nitrogen and oxygen atoms in total. The fourth-order valence-corrected chi connectivity index (χ4v) is 4.01. The molecule has 0 spiro atoms. The highest BCUT2D eigenvalue weighted by atomic mass is 79.9. The number of ether oxygens (including phenoxy) is 1. The van der Waals surface area contributed by atoms with Gasteiger partial charge in [-0.1, -0.05) is 55.5 Å². The Labute approximate surface area is 202 Å². The predicted octanol–water partition coefficient (Wildman–Crippen LogP) is 5.45. The molecule has 2 unspecified atom stereocenters. The molecule has 7 heteroatoms. The van der Waals surface area contributed by atoms with Crippen molar-refractivity contribution in [2.24, 2.45) is 0 Å². The molecule has 33 heavy (non-hydrogen) atoms. The lowest BCUT2D eigenvalue weighted by Gasteiger charge is -2.29. The molecule has 2 amide bonds. The lowest BCUT2D eigenvalue weighted by Crippen LogP contribution is -2.50. The van der Waals surface area contributed by atoms with Gasteiger partial charge in [-0.3, -0.25) is 9.59 Å². The van der Waals surface area contributed by atoms with Crippen molar-refractivity contribution in [3.63, 3.8) is 0 Å². The third-order valence-electron chi connectivity index (χ3n) is 5.65. The minimum Gasteiger partial charge on any atom is -0.483 e. The maximum Gasteiger partial charge on any atom is 0.261 e. The fourth-order valence-electron chi connectivity index (χ4n) is 3.41. The number of nitrogens with one attached hydrogen (secondary N) is 1. The monoisotopic (exact) mass is 514 g/mol. The van der Waals surface area contributed by atoms with Gasteiger partial charge >= 0.3 is 0 Å². The molecule has 3 rings (SSSR count). The van der Waals surface area contributed by atoms with Gasteiger partial charge in [-0.2, -0.15) is 0 Å². The van der Waals surface area contributed by atoms with Crippen LogP contribution < -0.4 is 10.1 Å². The van der Waals surface area contributed by atoms with Crippen LogP contribution in [0.5, 0.6) is 5.75 Å². The third-order valence-corrected chi connectivity index (χ3v) is 6.46. The Bertz CT molecular complexity index is 1140. The van der Waals surface area contributed by atoms with Crippen LogP contribution in [0.1, 0.15) is 32.8 Å². The Hall–Kier alpha value is -2.93. The summed E-state index contributed by atoms with van der Waals surface area (Å²) in [6, 6.07) is 16.9. The third kappa shape index (κ3) is 6.11. The second-order valence-electron chi connectivity index (χ2n) is 7.99. The standard InChI is InChI=1S/C26H28BrFN2O3/c1-4-17(2)29-26(32)18(3)30(15-20-10-6-8-12-22(20)28)24(31)16-33-23-14-13-19-9-5-7-11-21(19)25(23)27/h5-14,17-18H,4,15-16H2,1-3H3,(H,29,32). The van der Waals surface area contributed by atoms with E-state index in [0.29, 0.717) is 11.3 Å². The molecule has 0 saturated heterocycles. The molecule has 0 bridgehead atoms. The lowest BCUT2D eigenvalue weighted by atomic mass is 10.1. The van der Waals surface area contributed by atoms with Crippen molar-refractivity contribution < 1.29 is 18.7 Å². The summed E-state index contributed by atoms with van der Waals surface area (Å²) in [5.41, 5.74) is 0.334. The van der Waals surface area contributed by atoms with Gasteiger partial charge in [-0.05, 0) is 59.1 Å². The van der Waals surface area contributed by atoms with Gasteiger partial charge in [-0.25, -0.2) is 4.39 Å². The van der Waals surface area contributed by atoms with Crippen molar-refractivity contribution in [2.45, 2.75) is 45.8 Å². The van der Waals surface area contributed by atoms with E-state index in [1.165, 1.54) is 11.0 Å². The Morgan fingerprint density at radius 2 is 1.76 bits per heavy atom. The predicted molar refractivity (Wildman–Crippen MR) is 131 cm³/mol. The molecule has 0 aliphatic carbocycles. The zero-order valence-electron chi connectivity index (χ0n) is 19.0. The summed E-state index contributed by atoms with van der Waals surface area (Å²) < 4.78 is 20.9. The topological polar surface area (TPSA) is 58.6 Å². The maximum absolute atomic E-state index is 14.3. The Kier molecular flexibility index (Phi) is 8.44. The molecule has 0 aromatic heterocycles. The first-order valence-electron chi connectivity index (χ1n) is 10.9. The van der Waals surface area contributed by atoms with E-state index in [4.69, 9.17) is 4.74 Å². The number of carbonyl (C=O) groups excluding carboxylic acids is 2. The van der Waals surface area contributed by atoms with Crippen molar-refractivity contribution in [2.75, 3.05) is 6.61 Å². The van der Waals surface area contributed by atoms with Crippen molar-refractivity contribution in [3.8, 4) is 5.75 Å². The highest BCUT2D eigenvalue weighted by Gasteiger charge is 2.28. The van der Waals surface area contributed by atoms with Crippen LogP contribution in [0.3, 0.4) is 0 Å². The summed E-state index contributed by atoms with van der Waals surface area (Å²) in [7, 11) is 0. The van der Waals surface area contributed by atoms with Crippen molar-refractivity contribution in [3.05, 3.63) is 76.5 Å². The van der Waals surface area contributed by atoms with Crippen LogP contribution in [-0.2, 0) is 16.1 Å². The van der Waals surface area contributed by atoms with Crippen molar-refractivity contribution in [1.29, 1.82) is 0 Å². The van der Waals surface area contributed by atoms with Crippen LogP contribution in [-0.4, -0.2) is 35.4 Å². The summed E-state index contributed by atoms with van der Waals surface area (Å²) in [5.74, 6) is -0.612. The van der Waals surface area contributed by atoms with Crippen LogP contribution in [0.15, 0.2) is 65.1 Å². The van der Waals surface area contributed by atoms with Gasteiger partial charge in [0.05, 0.1) is 4.47 Å². The Morgan fingerprint density at radius 1 is 1.06 bits per heavy atom. The molecule has 0 saturated carbocycles. The number of rotatable bonds is 9. The minimum atomic E-state index is -0.797. The van der Waals surface area contributed by atoms with E-state index in [1.54, 1.807) is 31.2 Å². The average molecular weight is 515 g/mol. The Morgan fingerprint density at radius 3 is 2.48 bits per heavy atom. The quantitative estimate of drug-likeness (QED) is 0.412. The van der Waals surface area contributed by atoms with Crippen LogP contribution in [0.25, 0.3) is 10.8 Å². The summed E-state index contributed by atoms with van der Waals surface area (Å²) in [4.78, 5) is 27.3. The van der Waals surface area contributed by atoms with E-state index >= 15 is 0 Å². The molecule has 2 atom stereocenters. The minimum absolute atomic E-state index is 0.0323. The molecular formula is C26H28BrFN2O3. The van der Waals surface area contributed by atoms with Crippen molar-refractivity contribution >= 4 is 38.5 Å². The van der Waals surface area contributed by atoms with E-state index in [-0.39, 0.29) is 25.1 Å². The number of amides is 2. The van der Waals surface area contributed by atoms with E-state index < -0.39 is 17.8 Å². The maximum atomic E-state index is 14.3. The van der Waals surface area contributed by atoms with E-state index in [0.717, 1.165) is 21.7 Å². The van der Waals surface area contributed by atoms with Gasteiger partial charge in [-0.15, -0.1) is 0 Å². The lowest BCUT2D eigenvalue weighted by molar-refractivity contribution is -0.142. The number of benzene rings is 3. The fraction of sp³-hybridized carbons (Fsp3) is 0.308. The van der Waals surface area contributed by atoms with E-state index in [2.05, 4.69) is 21.2 Å². The van der Waals surface area contributed by atoms with E-state index in [1.807, 2.05) is 44.2 Å². The molecular weight excluding hydrogens is 487 g/mol. The number of fused-ring (bicyclic) bond motifs is 1. The molecule has 174 valence electrons. The SMILES string of the molecule is CCC(C)NC(=O)C(C)N(Cc1ccccc1F)C(=O)COc1ccc2ccccc2c1Br. The highest BCUT2D eigenvalue weighted by molar-refractivity contribution is 9.10. The number of carbonyl (C=O) groups is 2. The summed E-state index contributed by atoms with van der Waals surface area (Å²) >= 11 is 3.56. The molecule has 0 fully saturated rings. The molecule has 0 radical (unpaired) electrons. The number of halogens is 2. The molecule has 0 aliphatic rings. The number of hydrogen-bond donors (Lipinski definition) is 1. The summed E-state index contributed by atoms with van der Waals surface area (Å²) in [5, 5.41) is 4.90. The summed E-state index contributed by atoms with van der Waals surface area (Å²) in [6.07, 6.45) is 0.763. The Balaban J connectivity index is 1.80. The molecule has 3 aromatic carbocycles. The average Bonchev–Trinajstić information content (AvgIpc) is 2.82. The van der Waals surface area contributed by atoms with Crippen LogP contribution in [0, 0.1) is 5.82 Å². The van der Waals surface area contributed by atoms with Gasteiger partial charge in [0.15, 0.2) is 6.61 Å². The molecule has 0 heterocycles. The normalized spacial score (nSPS) is 12.8. The van der Waals surface area contributed by atoms with Gasteiger partial charge in [0.2, 0.25) is 5.91 Å². The van der Waals surface area contributed by atoms with Gasteiger partial charge in [0.1, 0.15) is 17.6 Å². The van der Waals surface area contributed by atoms with Crippen molar-refractivity contribution in [1.82, 2.24) is 10.2 Å². The molecule has 0 aliphatic heterocycles. The second-order valence-corrected chi connectivity index (χ2v) is 8.79. The second kappa shape index (κ2) is 11.3. The first-order chi connectivity index (χ1) is 15.8. The van der Waals surface area contributed by atoms with E-state index in [9.17, 15) is 14.0 Å². The highest BCUT2D eigenvalue weighted by Crippen LogP contribution is 2.33. The van der Waals surface area contributed by atoms with Gasteiger partial charge in [0, 0.05) is 18.2 Å². The number of nitrogens with zero attached hydrogens (tertiary/aromatic N) is 1. The largest absolute Gasteiger partial charge is 0.483 e. The van der Waals surface area contributed by atoms with Crippen LogP contribution >= 0.6 is 15.9 Å². The first kappa shape index (κ1) is 24.7. The molecule has 3 aromatic rings. The smallest absolute Gasteiger partial charge is 0.261 e. The van der Waals surface area contributed by atoms with Gasteiger partial charge < -0.3 is 15.0 Å². The van der Waals surface area contributed by atoms with Crippen LogP contribution in [0.2, 0.25) is 0 Å². The van der Waals surface area contributed by atoms with Crippen LogP contribution in [0.4, 0.5) is 4.39 Å². The number of hydrogen-bond acceptors (Lipinski definition) is 3. The first-order valence-corrected chi connectivity index (χ1v) is 11.7. The zero-order chi connectivity index (χ0) is 24.0. The molecule has 1 N–H and O–H groups in total. The summed E-state index contributed by atoms with van der Waals surface area (Å²) in [6.45, 7) is 5.18.